The average molecular weight is 413 g/mol. The Labute approximate surface area is 175 Å². The van der Waals surface area contributed by atoms with Gasteiger partial charge in [0.15, 0.2) is 0 Å². The normalized spacial score (nSPS) is 26.7. The summed E-state index contributed by atoms with van der Waals surface area (Å²) in [6, 6.07) is 0. The molecule has 0 aromatic rings. The highest BCUT2D eigenvalue weighted by Crippen LogP contribution is 2.42. The van der Waals surface area contributed by atoms with E-state index >= 15 is 0 Å². The van der Waals surface area contributed by atoms with Gasteiger partial charge in [0.1, 0.15) is 0 Å². The zero-order chi connectivity index (χ0) is 17.9. The maximum absolute atomic E-state index is 1.56. The van der Waals surface area contributed by atoms with E-state index in [4.69, 9.17) is 0 Å². The molecule has 0 aromatic heterocycles. The van der Waals surface area contributed by atoms with Crippen LogP contribution in [0, 0.1) is 0 Å². The highest BCUT2D eigenvalue weighted by molar-refractivity contribution is 7.40. The maximum Gasteiger partial charge on any atom is -0.0234 e. The van der Waals surface area contributed by atoms with Gasteiger partial charge in [0.25, 0.3) is 0 Å². The van der Waals surface area contributed by atoms with Gasteiger partial charge in [-0.05, 0) is 74.0 Å². The molecule has 2 heteroatoms. The molecular weight excluding hydrogens is 362 g/mol. The Hall–Kier alpha value is 0.860. The van der Waals surface area contributed by atoms with E-state index < -0.39 is 0 Å². The molecule has 0 unspecified atom stereocenters. The van der Waals surface area contributed by atoms with Crippen LogP contribution in [0.15, 0.2) is 0 Å². The van der Waals surface area contributed by atoms with Crippen LogP contribution in [-0.4, -0.2) is 22.6 Å². The van der Waals surface area contributed by atoms with E-state index in [1.807, 2.05) is 0 Å². The van der Waals surface area contributed by atoms with Crippen molar-refractivity contribution in [3.8, 4) is 0 Å². The topological polar surface area (TPSA) is 0 Å². The molecule has 4 aliphatic carbocycles. The van der Waals surface area contributed by atoms with Gasteiger partial charge in [-0.1, -0.05) is 84.5 Å². The quantitative estimate of drug-likeness (QED) is 0.403. The summed E-state index contributed by atoms with van der Waals surface area (Å²) in [5, 5.41) is 0. The lowest BCUT2D eigenvalue weighted by atomic mass is 10.00. The first-order valence-corrected chi connectivity index (χ1v) is 14.7. The van der Waals surface area contributed by atoms with E-state index in [0.29, 0.717) is 0 Å². The van der Waals surface area contributed by atoms with Crippen molar-refractivity contribution < 1.29 is 0 Å². The van der Waals surface area contributed by atoms with Crippen LogP contribution in [0.25, 0.3) is 0 Å². The van der Waals surface area contributed by atoms with E-state index in [1.165, 1.54) is 94.2 Å². The van der Waals surface area contributed by atoms with Crippen molar-refractivity contribution >= 4 is 17.2 Å². The molecule has 0 aromatic carbocycles. The lowest BCUT2D eigenvalue weighted by Crippen LogP contribution is -2.14. The zero-order valence-corrected chi connectivity index (χ0v) is 19.5. The standard InChI is InChI=1S/2C12H23P.CH4/c2*1-3-7-11(8-4-1)13-12-9-5-2-6-10-12;/h2*11-13H,1-10H2;1H4. The van der Waals surface area contributed by atoms with Gasteiger partial charge >= 0.3 is 0 Å². The summed E-state index contributed by atoms with van der Waals surface area (Å²) in [7, 11) is 2.66. The molecule has 0 spiro atoms. The van der Waals surface area contributed by atoms with Crippen LogP contribution in [0.2, 0.25) is 0 Å². The molecule has 0 amide bonds. The minimum Gasteiger partial charge on any atom is -0.116 e. The Morgan fingerprint density at radius 1 is 0.296 bits per heavy atom. The third-order valence-corrected chi connectivity index (χ3v) is 11.6. The Morgan fingerprint density at radius 3 is 0.667 bits per heavy atom. The van der Waals surface area contributed by atoms with Crippen LogP contribution >= 0.6 is 17.2 Å². The first-order valence-electron chi connectivity index (χ1n) is 12.4. The van der Waals surface area contributed by atoms with Crippen molar-refractivity contribution in [3.05, 3.63) is 0 Å². The molecule has 0 aliphatic heterocycles. The van der Waals surface area contributed by atoms with Crippen LogP contribution in [-0.2, 0) is 0 Å². The lowest BCUT2D eigenvalue weighted by molar-refractivity contribution is 0.490. The Balaban J connectivity index is 0.000000187. The van der Waals surface area contributed by atoms with E-state index in [0.717, 1.165) is 22.6 Å². The number of rotatable bonds is 4. The summed E-state index contributed by atoms with van der Waals surface area (Å²) in [6.07, 6.45) is 30.9. The van der Waals surface area contributed by atoms with Crippen molar-refractivity contribution in [2.45, 2.75) is 158 Å². The summed E-state index contributed by atoms with van der Waals surface area (Å²) < 4.78 is 0. The lowest BCUT2D eigenvalue weighted by Gasteiger charge is -2.28. The molecule has 0 N–H and O–H groups in total. The fourth-order valence-corrected chi connectivity index (χ4v) is 10.0. The molecule has 4 aliphatic rings. The van der Waals surface area contributed by atoms with Gasteiger partial charge in [0, 0.05) is 0 Å². The third-order valence-electron chi connectivity index (χ3n) is 7.36. The van der Waals surface area contributed by atoms with Crippen molar-refractivity contribution in [2.75, 3.05) is 0 Å². The second kappa shape index (κ2) is 14.8. The van der Waals surface area contributed by atoms with Crippen molar-refractivity contribution in [1.82, 2.24) is 0 Å². The highest BCUT2D eigenvalue weighted by Gasteiger charge is 2.21. The second-order valence-electron chi connectivity index (χ2n) is 9.67. The summed E-state index contributed by atoms with van der Waals surface area (Å²) in [5.41, 5.74) is 4.60. The fraction of sp³-hybridized carbons (Fsp3) is 1.00. The molecule has 0 radical (unpaired) electrons. The Kier molecular flexibility index (Phi) is 13.2. The molecule has 4 saturated carbocycles. The largest absolute Gasteiger partial charge is 0.116 e. The van der Waals surface area contributed by atoms with E-state index in [9.17, 15) is 0 Å². The Bertz CT molecular complexity index is 266. The van der Waals surface area contributed by atoms with Crippen LogP contribution < -0.4 is 0 Å². The summed E-state index contributed by atoms with van der Waals surface area (Å²) in [4.78, 5) is 0. The highest BCUT2D eigenvalue weighted by atomic mass is 31.1. The third kappa shape index (κ3) is 9.94. The molecule has 27 heavy (non-hydrogen) atoms. The zero-order valence-electron chi connectivity index (χ0n) is 17.5. The predicted octanol–water partition coefficient (Wildman–Crippen LogP) is 9.30. The van der Waals surface area contributed by atoms with E-state index in [1.54, 1.807) is 51.4 Å². The van der Waals surface area contributed by atoms with Crippen molar-refractivity contribution in [3.63, 3.8) is 0 Å². The van der Waals surface area contributed by atoms with Gasteiger partial charge < -0.3 is 0 Å². The smallest absolute Gasteiger partial charge is 0.0234 e. The summed E-state index contributed by atoms with van der Waals surface area (Å²) >= 11 is 0. The molecule has 0 atom stereocenters. The van der Waals surface area contributed by atoms with Crippen molar-refractivity contribution in [1.29, 1.82) is 0 Å². The van der Waals surface area contributed by atoms with Crippen LogP contribution in [0.5, 0.6) is 0 Å². The fourth-order valence-electron chi connectivity index (χ4n) is 5.74. The minimum atomic E-state index is 0. The van der Waals surface area contributed by atoms with Gasteiger partial charge in [0.05, 0.1) is 0 Å². The van der Waals surface area contributed by atoms with Crippen LogP contribution in [0.4, 0.5) is 0 Å². The molecule has 160 valence electrons. The number of hydrogen-bond acceptors (Lipinski definition) is 0. The van der Waals surface area contributed by atoms with Gasteiger partial charge in [-0.25, -0.2) is 0 Å². The first-order chi connectivity index (χ1) is 12.9. The number of hydrogen-bond donors (Lipinski definition) is 0. The maximum atomic E-state index is 1.56. The molecule has 0 bridgehead atoms. The van der Waals surface area contributed by atoms with Crippen LogP contribution in [0.1, 0.15) is 136 Å². The summed E-state index contributed by atoms with van der Waals surface area (Å²) in [5.74, 6) is 0. The summed E-state index contributed by atoms with van der Waals surface area (Å²) in [6.45, 7) is 0. The predicted molar refractivity (Wildman–Crippen MR) is 131 cm³/mol. The molecule has 0 nitrogen and oxygen atoms in total. The molecular formula is C25H50P2. The molecule has 4 fully saturated rings. The minimum absolute atomic E-state index is 0. The van der Waals surface area contributed by atoms with Crippen LogP contribution in [0.3, 0.4) is 0 Å². The van der Waals surface area contributed by atoms with Gasteiger partial charge in [0.2, 0.25) is 0 Å². The molecule has 0 heterocycles. The SMILES string of the molecule is C.C1CCC(PC2CCCCC2)CC1.C1CCC(PC2CCCCC2)CC1. The van der Waals surface area contributed by atoms with Crippen molar-refractivity contribution in [2.24, 2.45) is 0 Å². The second-order valence-corrected chi connectivity index (χ2v) is 13.6. The molecule has 0 saturated heterocycles. The Morgan fingerprint density at radius 2 is 0.481 bits per heavy atom. The van der Waals surface area contributed by atoms with Gasteiger partial charge in [-0.3, -0.25) is 0 Å². The van der Waals surface area contributed by atoms with E-state index in [-0.39, 0.29) is 7.43 Å². The van der Waals surface area contributed by atoms with E-state index in [2.05, 4.69) is 0 Å². The monoisotopic (exact) mass is 412 g/mol. The molecule has 4 rings (SSSR count). The van der Waals surface area contributed by atoms with Gasteiger partial charge in [-0.2, -0.15) is 0 Å². The average Bonchev–Trinajstić information content (AvgIpc) is 2.72. The first kappa shape index (κ1) is 24.1. The van der Waals surface area contributed by atoms with Gasteiger partial charge in [-0.15, -0.1) is 17.2 Å².